The van der Waals surface area contributed by atoms with Gasteiger partial charge in [0.15, 0.2) is 0 Å². The van der Waals surface area contributed by atoms with Crippen LogP contribution in [0.4, 0.5) is 0 Å². The lowest BCUT2D eigenvalue weighted by Crippen LogP contribution is -2.50. The van der Waals surface area contributed by atoms with Gasteiger partial charge in [0.25, 0.3) is 0 Å². The molecule has 0 amide bonds. The number of ketones is 1. The Labute approximate surface area is 160 Å². The normalized spacial score (nSPS) is 45.1. The molecule has 6 atom stereocenters. The Hall–Kier alpha value is -0.630. The highest BCUT2D eigenvalue weighted by atomic mass is 16.1. The molecule has 4 aliphatic carbocycles. The molecular formula is C24H39NO. The number of carbonyl (C=O) groups excluding carboxylic acids is 1. The predicted octanol–water partition coefficient (Wildman–Crippen LogP) is 5.48. The zero-order chi connectivity index (χ0) is 18.5. The first-order valence-electron chi connectivity index (χ1n) is 11.2. The summed E-state index contributed by atoms with van der Waals surface area (Å²) < 4.78 is 0. The molecule has 4 rings (SSSR count). The monoisotopic (exact) mass is 357 g/mol. The number of hydrogen-bond acceptors (Lipinski definition) is 2. The molecule has 0 spiro atoms. The van der Waals surface area contributed by atoms with Crippen molar-refractivity contribution in [3.8, 4) is 0 Å². The molecule has 0 N–H and O–H groups in total. The van der Waals surface area contributed by atoms with Crippen molar-refractivity contribution in [1.29, 1.82) is 0 Å². The van der Waals surface area contributed by atoms with E-state index in [-0.39, 0.29) is 5.41 Å². The lowest BCUT2D eigenvalue weighted by molar-refractivity contribution is -0.132. The van der Waals surface area contributed by atoms with Crippen molar-refractivity contribution in [3.63, 3.8) is 0 Å². The van der Waals surface area contributed by atoms with Gasteiger partial charge in [0.1, 0.15) is 5.78 Å². The number of hydrogen-bond donors (Lipinski definition) is 0. The Balaban J connectivity index is 1.49. The molecule has 0 heterocycles. The zero-order valence-corrected chi connectivity index (χ0v) is 17.5. The Kier molecular flexibility index (Phi) is 4.87. The maximum Gasteiger partial charge on any atom is 0.139 e. The van der Waals surface area contributed by atoms with Crippen LogP contribution < -0.4 is 0 Å². The first kappa shape index (κ1) is 18.7. The summed E-state index contributed by atoms with van der Waals surface area (Å²) in [6.07, 6.45) is 15.3. The topological polar surface area (TPSA) is 20.3 Å². The van der Waals surface area contributed by atoms with Gasteiger partial charge in [-0.25, -0.2) is 0 Å². The number of carbonyl (C=O) groups is 1. The smallest absolute Gasteiger partial charge is 0.139 e. The summed E-state index contributed by atoms with van der Waals surface area (Å²) in [5, 5.41) is 0. The van der Waals surface area contributed by atoms with Crippen molar-refractivity contribution < 1.29 is 4.79 Å². The molecule has 2 nitrogen and oxygen atoms in total. The van der Waals surface area contributed by atoms with Crippen LogP contribution in [0, 0.1) is 34.5 Å². The first-order chi connectivity index (χ1) is 12.3. The Morgan fingerprint density at radius 2 is 1.73 bits per heavy atom. The van der Waals surface area contributed by atoms with Gasteiger partial charge in [0, 0.05) is 11.8 Å². The first-order valence-corrected chi connectivity index (χ1v) is 11.2. The summed E-state index contributed by atoms with van der Waals surface area (Å²) in [7, 11) is 4.37. The standard InChI is InChI=1S/C24H39NO/c1-23-13-11-17(6-5-15-25(3)4)16-18(23)7-8-19-20-9-10-22(26)24(20,2)14-12-21(19)23/h16-17,19-21H,5-15H2,1-4H3. The highest BCUT2D eigenvalue weighted by molar-refractivity contribution is 5.87. The van der Waals surface area contributed by atoms with E-state index in [1.807, 2.05) is 0 Å². The number of Topliss-reactive ketones (excluding diaryl/α,β-unsaturated/α-hetero) is 1. The third kappa shape index (κ3) is 2.91. The second-order valence-electron chi connectivity index (χ2n) is 10.7. The van der Waals surface area contributed by atoms with Gasteiger partial charge in [-0.1, -0.05) is 25.5 Å². The van der Waals surface area contributed by atoms with E-state index >= 15 is 0 Å². The van der Waals surface area contributed by atoms with Crippen molar-refractivity contribution >= 4 is 5.78 Å². The van der Waals surface area contributed by atoms with Gasteiger partial charge >= 0.3 is 0 Å². The summed E-state index contributed by atoms with van der Waals surface area (Å²) in [5.74, 6) is 3.74. The number of allylic oxidation sites excluding steroid dienone is 2. The maximum absolute atomic E-state index is 12.5. The number of fused-ring (bicyclic) bond motifs is 5. The van der Waals surface area contributed by atoms with E-state index in [0.717, 1.165) is 30.6 Å². The molecule has 3 saturated carbocycles. The molecular weight excluding hydrogens is 318 g/mol. The van der Waals surface area contributed by atoms with E-state index in [9.17, 15) is 4.79 Å². The van der Waals surface area contributed by atoms with E-state index < -0.39 is 0 Å². The van der Waals surface area contributed by atoms with Crippen LogP contribution in [0.25, 0.3) is 0 Å². The molecule has 0 radical (unpaired) electrons. The average molecular weight is 358 g/mol. The van der Waals surface area contributed by atoms with Crippen LogP contribution in [-0.2, 0) is 4.79 Å². The highest BCUT2D eigenvalue weighted by Crippen LogP contribution is 2.64. The number of nitrogens with zero attached hydrogens (tertiary/aromatic N) is 1. The Morgan fingerprint density at radius 3 is 2.50 bits per heavy atom. The third-order valence-electron chi connectivity index (χ3n) is 9.10. The van der Waals surface area contributed by atoms with E-state index in [2.05, 4.69) is 38.9 Å². The van der Waals surface area contributed by atoms with Crippen molar-refractivity contribution in [1.82, 2.24) is 4.90 Å². The molecule has 26 heavy (non-hydrogen) atoms. The fourth-order valence-electron chi connectivity index (χ4n) is 7.47. The van der Waals surface area contributed by atoms with Crippen LogP contribution >= 0.6 is 0 Å². The predicted molar refractivity (Wildman–Crippen MR) is 108 cm³/mol. The van der Waals surface area contributed by atoms with Crippen molar-refractivity contribution in [2.24, 2.45) is 34.5 Å². The maximum atomic E-state index is 12.5. The van der Waals surface area contributed by atoms with Crippen molar-refractivity contribution in [2.45, 2.75) is 78.1 Å². The van der Waals surface area contributed by atoms with Crippen LogP contribution in [0.1, 0.15) is 78.1 Å². The third-order valence-corrected chi connectivity index (χ3v) is 9.10. The van der Waals surface area contributed by atoms with Gasteiger partial charge < -0.3 is 4.90 Å². The molecule has 2 heteroatoms. The van der Waals surface area contributed by atoms with E-state index in [1.54, 1.807) is 5.57 Å². The summed E-state index contributed by atoms with van der Waals surface area (Å²) >= 11 is 0. The van der Waals surface area contributed by atoms with Gasteiger partial charge in [0.2, 0.25) is 0 Å². The quantitative estimate of drug-likeness (QED) is 0.621. The van der Waals surface area contributed by atoms with Crippen LogP contribution in [-0.4, -0.2) is 31.3 Å². The molecule has 0 aromatic rings. The van der Waals surface area contributed by atoms with Gasteiger partial charge in [-0.05, 0) is 108 Å². The second kappa shape index (κ2) is 6.76. The van der Waals surface area contributed by atoms with Crippen LogP contribution in [0.3, 0.4) is 0 Å². The molecule has 6 unspecified atom stereocenters. The molecule has 146 valence electrons. The minimum Gasteiger partial charge on any atom is -0.309 e. The average Bonchev–Trinajstić information content (AvgIpc) is 2.90. The summed E-state index contributed by atoms with van der Waals surface area (Å²) in [5.41, 5.74) is 2.27. The summed E-state index contributed by atoms with van der Waals surface area (Å²) in [6, 6.07) is 0. The van der Waals surface area contributed by atoms with Gasteiger partial charge in [-0.15, -0.1) is 0 Å². The largest absolute Gasteiger partial charge is 0.309 e. The van der Waals surface area contributed by atoms with Crippen LogP contribution in [0.2, 0.25) is 0 Å². The zero-order valence-electron chi connectivity index (χ0n) is 17.5. The second-order valence-corrected chi connectivity index (χ2v) is 10.7. The summed E-state index contributed by atoms with van der Waals surface area (Å²) in [6.45, 7) is 6.11. The Bertz CT molecular complexity index is 593. The van der Waals surface area contributed by atoms with Gasteiger partial charge in [-0.2, -0.15) is 0 Å². The summed E-state index contributed by atoms with van der Waals surface area (Å²) in [4.78, 5) is 14.9. The highest BCUT2D eigenvalue weighted by Gasteiger charge is 2.58. The van der Waals surface area contributed by atoms with Crippen molar-refractivity contribution in [3.05, 3.63) is 11.6 Å². The molecule has 0 aromatic heterocycles. The van der Waals surface area contributed by atoms with Gasteiger partial charge in [-0.3, -0.25) is 4.79 Å². The van der Waals surface area contributed by atoms with Crippen LogP contribution in [0.5, 0.6) is 0 Å². The van der Waals surface area contributed by atoms with E-state index in [4.69, 9.17) is 0 Å². The molecule has 0 bridgehead atoms. The minimum absolute atomic E-state index is 0.0299. The van der Waals surface area contributed by atoms with Crippen molar-refractivity contribution in [2.75, 3.05) is 20.6 Å². The molecule has 0 aliphatic heterocycles. The minimum atomic E-state index is 0.0299. The molecule has 0 saturated heterocycles. The lowest BCUT2D eigenvalue weighted by Gasteiger charge is -2.57. The number of rotatable bonds is 4. The lowest BCUT2D eigenvalue weighted by atomic mass is 9.47. The SMILES string of the molecule is CN(C)CCCC1C=C2CCC3C4CCC(=O)C4(C)CCC3C2(C)CC1. The molecule has 4 aliphatic rings. The van der Waals surface area contributed by atoms with E-state index in [0.29, 0.717) is 17.1 Å². The fourth-order valence-corrected chi connectivity index (χ4v) is 7.47. The van der Waals surface area contributed by atoms with Gasteiger partial charge in [0.05, 0.1) is 0 Å². The van der Waals surface area contributed by atoms with Crippen LogP contribution in [0.15, 0.2) is 11.6 Å². The fraction of sp³-hybridized carbons (Fsp3) is 0.875. The van der Waals surface area contributed by atoms with E-state index in [1.165, 1.54) is 57.9 Å². The molecule has 0 aromatic carbocycles. The molecule has 3 fully saturated rings. The Morgan fingerprint density at radius 1 is 1.00 bits per heavy atom.